The largest absolute Gasteiger partial charge is 0.569 e. The van der Waals surface area contributed by atoms with E-state index >= 15 is 0 Å². The van der Waals surface area contributed by atoms with E-state index < -0.39 is 29.1 Å². The van der Waals surface area contributed by atoms with Gasteiger partial charge in [-0.2, -0.15) is 10.5 Å². The molecule has 4 nitrogen and oxygen atoms in total. The van der Waals surface area contributed by atoms with Crippen LogP contribution in [0.3, 0.4) is 0 Å². The molecule has 1 N–H and O–H groups in total. The fourth-order valence-corrected chi connectivity index (χ4v) is 6.88. The van der Waals surface area contributed by atoms with E-state index in [9.17, 15) is 26.3 Å². The molecule has 1 radical (unpaired) electrons. The summed E-state index contributed by atoms with van der Waals surface area (Å²) in [5, 5.41) is 25.4. The first-order chi connectivity index (χ1) is 31.7. The zero-order valence-electron chi connectivity index (χ0n) is 36.9. The second kappa shape index (κ2) is 26.3. The van der Waals surface area contributed by atoms with Crippen molar-refractivity contribution in [1.29, 1.82) is 10.5 Å². The van der Waals surface area contributed by atoms with Crippen LogP contribution in [0.1, 0.15) is 108 Å². The lowest BCUT2D eigenvalue weighted by Crippen LogP contribution is -2.00. The van der Waals surface area contributed by atoms with Crippen molar-refractivity contribution >= 4 is 23.6 Å². The molecular weight excluding hydrogens is 913 g/mol. The van der Waals surface area contributed by atoms with Crippen molar-refractivity contribution in [2.24, 2.45) is 0 Å². The lowest BCUT2D eigenvalue weighted by molar-refractivity contribution is 0.451. The van der Waals surface area contributed by atoms with Crippen molar-refractivity contribution in [3.05, 3.63) is 192 Å². The summed E-state index contributed by atoms with van der Waals surface area (Å²) in [5.41, 5.74) is 5.24. The summed E-state index contributed by atoms with van der Waals surface area (Å²) in [5.74, 6) is 8.05. The Labute approximate surface area is 392 Å². The van der Waals surface area contributed by atoms with Crippen molar-refractivity contribution < 1.29 is 36.0 Å². The van der Waals surface area contributed by atoms with Gasteiger partial charge in [0.2, 0.25) is 0 Å². The Hall–Kier alpha value is -6.70. The van der Waals surface area contributed by atoms with E-state index in [0.29, 0.717) is 28.8 Å². The van der Waals surface area contributed by atoms with Crippen molar-refractivity contribution in [2.45, 2.75) is 79.1 Å². The van der Waals surface area contributed by atoms with E-state index in [0.717, 1.165) is 79.7 Å². The highest BCUT2D eigenvalue weighted by atomic mass is 79.9. The van der Waals surface area contributed by atoms with Gasteiger partial charge in [0.05, 0.1) is 33.4 Å². The van der Waals surface area contributed by atoms with Gasteiger partial charge in [-0.25, -0.2) is 26.3 Å². The predicted octanol–water partition coefficient (Wildman–Crippen LogP) is 13.9. The average Bonchev–Trinajstić information content (AvgIpc) is 3.28. The van der Waals surface area contributed by atoms with Crippen LogP contribution in [0.4, 0.5) is 26.3 Å². The van der Waals surface area contributed by atoms with Gasteiger partial charge in [0, 0.05) is 10.5 Å². The molecule has 0 aromatic heterocycles. The minimum atomic E-state index is -0.670. The van der Waals surface area contributed by atoms with Crippen LogP contribution in [0.25, 0.3) is 11.1 Å². The normalized spacial score (nSPS) is 10.0. The van der Waals surface area contributed by atoms with Crippen LogP contribution in [0.15, 0.2) is 102 Å². The van der Waals surface area contributed by atoms with Gasteiger partial charge in [0.1, 0.15) is 52.8 Å². The summed E-state index contributed by atoms with van der Waals surface area (Å²) in [7, 11) is 0.445. The Kier molecular flexibility index (Phi) is 20.7. The number of hydrogen-bond acceptors (Lipinski definition) is 4. The molecule has 6 aromatic carbocycles. The fraction of sp³-hybridized carbons (Fsp3) is 0.222. The van der Waals surface area contributed by atoms with E-state index in [1.165, 1.54) is 48.5 Å². The van der Waals surface area contributed by atoms with Crippen LogP contribution < -0.4 is 4.65 Å². The van der Waals surface area contributed by atoms with Gasteiger partial charge in [0.25, 0.3) is 0 Å². The van der Waals surface area contributed by atoms with Crippen molar-refractivity contribution in [3.8, 4) is 52.7 Å². The molecule has 0 fully saturated rings. The van der Waals surface area contributed by atoms with E-state index in [2.05, 4.69) is 58.1 Å². The molecule has 0 atom stereocenters. The number of rotatable bonds is 11. The molecule has 0 saturated carbocycles. The molecule has 6 aromatic rings. The number of hydrogen-bond donors (Lipinski definition) is 1. The number of benzene rings is 6. The second-order valence-electron chi connectivity index (χ2n) is 15.1. The molecule has 0 bridgehead atoms. The number of halogens is 7. The third-order valence-electron chi connectivity index (χ3n) is 10.0. The Morgan fingerprint density at radius 2 is 0.939 bits per heavy atom. The van der Waals surface area contributed by atoms with Gasteiger partial charge in [0.15, 0.2) is 0 Å². The van der Waals surface area contributed by atoms with Gasteiger partial charge >= 0.3 is 7.69 Å². The van der Waals surface area contributed by atoms with Crippen LogP contribution in [-0.4, -0.2) is 12.7 Å². The lowest BCUT2D eigenvalue weighted by Gasteiger charge is -2.06. The second-order valence-corrected chi connectivity index (χ2v) is 16.0. The predicted molar refractivity (Wildman–Crippen MR) is 251 cm³/mol. The first kappa shape index (κ1) is 51.9. The Balaban J connectivity index is 0.000000238. The van der Waals surface area contributed by atoms with Gasteiger partial charge in [-0.3, -0.25) is 0 Å². The minimum absolute atomic E-state index is 0.0553. The van der Waals surface area contributed by atoms with Gasteiger partial charge in [-0.15, -0.1) is 0 Å². The standard InChI is InChI=1S/C27H22F3N.C20H19BrF2.C7H4BFNO2/c1-3-4-5-6-19-13-18(2)24(27(30)14-19)12-11-20-7-8-21(15-25(20)28)22-9-10-23(17-31)26(29)16-22;1-3-4-5-6-15-11-14(2)18(20(23)12-15)10-8-16-7-9-17(21)13-19(16)22;9-7-3-6(12-8-11)2-1-5(7)4-10/h7-10,13-16H,3-6H2,1-2H3;7,9,11-13H,3-6H2,1-2H3;1-3,11H. The summed E-state index contributed by atoms with van der Waals surface area (Å²) < 4.78 is 88.9. The summed E-state index contributed by atoms with van der Waals surface area (Å²) in [6.07, 6.45) is 8.27. The first-order valence-electron chi connectivity index (χ1n) is 21.1. The van der Waals surface area contributed by atoms with E-state index in [1.807, 2.05) is 19.1 Å². The fourth-order valence-electron chi connectivity index (χ4n) is 6.55. The summed E-state index contributed by atoms with van der Waals surface area (Å²) in [6, 6.07) is 27.2. The molecule has 0 spiro atoms. The van der Waals surface area contributed by atoms with Gasteiger partial charge in [-0.05, 0) is 140 Å². The van der Waals surface area contributed by atoms with Gasteiger partial charge in [-0.1, -0.05) is 103 Å². The molecule has 0 saturated heterocycles. The molecular formula is C54H45BBrF6N2O2. The first-order valence-corrected chi connectivity index (χ1v) is 21.9. The number of nitriles is 2. The molecule has 6 rings (SSSR count). The summed E-state index contributed by atoms with van der Waals surface area (Å²) >= 11 is 3.20. The summed E-state index contributed by atoms with van der Waals surface area (Å²) in [6.45, 7) is 7.91. The Morgan fingerprint density at radius 3 is 1.33 bits per heavy atom. The van der Waals surface area contributed by atoms with Crippen LogP contribution in [0.2, 0.25) is 0 Å². The van der Waals surface area contributed by atoms with Crippen LogP contribution in [0.5, 0.6) is 5.75 Å². The molecule has 335 valence electrons. The highest BCUT2D eigenvalue weighted by Gasteiger charge is 2.11. The maximum Gasteiger partial charge on any atom is 0.569 e. The average molecular weight is 959 g/mol. The quantitative estimate of drug-likeness (QED) is 0.0607. The molecule has 66 heavy (non-hydrogen) atoms. The Morgan fingerprint density at radius 1 is 0.515 bits per heavy atom. The van der Waals surface area contributed by atoms with Crippen molar-refractivity contribution in [2.75, 3.05) is 0 Å². The van der Waals surface area contributed by atoms with Crippen LogP contribution in [-0.2, 0) is 12.8 Å². The van der Waals surface area contributed by atoms with E-state index in [-0.39, 0.29) is 39.4 Å². The zero-order valence-corrected chi connectivity index (χ0v) is 38.5. The van der Waals surface area contributed by atoms with Crippen LogP contribution in [0, 0.1) is 95.1 Å². The monoisotopic (exact) mass is 957 g/mol. The minimum Gasteiger partial charge on any atom is -0.537 e. The zero-order chi connectivity index (χ0) is 48.2. The third kappa shape index (κ3) is 15.5. The molecule has 0 aliphatic carbocycles. The SMILES string of the molecule is CCCCCc1cc(C)c(C#Cc2ccc(-c3ccc(C#N)c(F)c3)cc2F)c(F)c1.CCCCCc1cc(C)c(C#Cc2ccc(Br)cc2F)c(F)c1.N#Cc1ccc(O[B]O)cc1F. The lowest BCUT2D eigenvalue weighted by atomic mass is 9.99. The number of unbranched alkanes of at least 4 members (excludes halogenated alkanes) is 4. The van der Waals surface area contributed by atoms with Crippen molar-refractivity contribution in [3.63, 3.8) is 0 Å². The Bertz CT molecular complexity index is 2820. The van der Waals surface area contributed by atoms with Crippen LogP contribution >= 0.6 is 15.9 Å². The van der Waals surface area contributed by atoms with E-state index in [4.69, 9.17) is 15.5 Å². The molecule has 0 aliphatic rings. The third-order valence-corrected chi connectivity index (χ3v) is 10.5. The molecule has 0 amide bonds. The summed E-state index contributed by atoms with van der Waals surface area (Å²) in [4.78, 5) is 0. The molecule has 0 aliphatic heterocycles. The van der Waals surface area contributed by atoms with Crippen molar-refractivity contribution in [1.82, 2.24) is 0 Å². The highest BCUT2D eigenvalue weighted by Crippen LogP contribution is 2.25. The van der Waals surface area contributed by atoms with E-state index in [1.54, 1.807) is 49.4 Å². The highest BCUT2D eigenvalue weighted by molar-refractivity contribution is 9.10. The topological polar surface area (TPSA) is 77.0 Å². The molecule has 0 heterocycles. The smallest absolute Gasteiger partial charge is 0.537 e. The maximum atomic E-state index is 14.6. The number of nitrogens with zero attached hydrogens (tertiary/aromatic N) is 2. The molecule has 12 heteroatoms. The maximum absolute atomic E-state index is 14.6. The molecule has 0 unspecified atom stereocenters. The van der Waals surface area contributed by atoms with Gasteiger partial charge < -0.3 is 9.68 Å². The number of aryl methyl sites for hydroxylation is 4.